The minimum atomic E-state index is -0.195. The van der Waals surface area contributed by atoms with E-state index in [1.165, 1.54) is 0 Å². The third-order valence-corrected chi connectivity index (χ3v) is 5.40. The lowest BCUT2D eigenvalue weighted by atomic mass is 10.0. The maximum Gasteiger partial charge on any atom is 0.228 e. The van der Waals surface area contributed by atoms with Crippen LogP contribution in [0.25, 0.3) is 0 Å². The summed E-state index contributed by atoms with van der Waals surface area (Å²) >= 11 is 0. The molecule has 3 atom stereocenters. The molecule has 0 saturated carbocycles. The molecule has 3 unspecified atom stereocenters. The number of rotatable bonds is 4. The van der Waals surface area contributed by atoms with Gasteiger partial charge in [0.25, 0.3) is 0 Å². The SMILES string of the molecule is CNC1CCCN(C(=O)C2CC(=O)N(C(C)c3ccccc3)C2)C1. The third kappa shape index (κ3) is 3.46. The van der Waals surface area contributed by atoms with Crippen molar-refractivity contribution >= 4 is 11.8 Å². The predicted molar refractivity (Wildman–Crippen MR) is 93.3 cm³/mol. The van der Waals surface area contributed by atoms with Crippen LogP contribution in [0.1, 0.15) is 37.8 Å². The van der Waals surface area contributed by atoms with Gasteiger partial charge >= 0.3 is 0 Å². The fraction of sp³-hybridized carbons (Fsp3) is 0.579. The fourth-order valence-electron chi connectivity index (χ4n) is 3.85. The van der Waals surface area contributed by atoms with Crippen LogP contribution in [0, 0.1) is 5.92 Å². The first-order valence-corrected chi connectivity index (χ1v) is 8.90. The Balaban J connectivity index is 1.65. The molecule has 0 aromatic heterocycles. The first-order chi connectivity index (χ1) is 11.6. The van der Waals surface area contributed by atoms with Crippen LogP contribution in [0.2, 0.25) is 0 Å². The summed E-state index contributed by atoms with van der Waals surface area (Å²) in [5, 5.41) is 3.27. The summed E-state index contributed by atoms with van der Waals surface area (Å²) in [6, 6.07) is 10.4. The number of nitrogens with zero attached hydrogens (tertiary/aromatic N) is 2. The molecule has 1 N–H and O–H groups in total. The highest BCUT2D eigenvalue weighted by molar-refractivity contribution is 5.89. The summed E-state index contributed by atoms with van der Waals surface area (Å²) in [7, 11) is 1.95. The molecule has 2 fully saturated rings. The molecule has 0 spiro atoms. The summed E-state index contributed by atoms with van der Waals surface area (Å²) in [5.41, 5.74) is 1.12. The average molecular weight is 329 g/mol. The maximum absolute atomic E-state index is 12.8. The van der Waals surface area contributed by atoms with Crippen molar-refractivity contribution in [2.45, 2.75) is 38.3 Å². The normalized spacial score (nSPS) is 25.8. The van der Waals surface area contributed by atoms with Gasteiger partial charge in [0.05, 0.1) is 12.0 Å². The van der Waals surface area contributed by atoms with Gasteiger partial charge in [-0.3, -0.25) is 9.59 Å². The van der Waals surface area contributed by atoms with Gasteiger partial charge < -0.3 is 15.1 Å². The van der Waals surface area contributed by atoms with E-state index >= 15 is 0 Å². The smallest absolute Gasteiger partial charge is 0.228 e. The second kappa shape index (κ2) is 7.34. The highest BCUT2D eigenvalue weighted by Gasteiger charge is 2.39. The van der Waals surface area contributed by atoms with Gasteiger partial charge in [-0.15, -0.1) is 0 Å². The van der Waals surface area contributed by atoms with Gasteiger partial charge in [-0.05, 0) is 32.4 Å². The van der Waals surface area contributed by atoms with E-state index in [2.05, 4.69) is 5.32 Å². The van der Waals surface area contributed by atoms with Crippen molar-refractivity contribution in [1.82, 2.24) is 15.1 Å². The van der Waals surface area contributed by atoms with Crippen LogP contribution in [-0.4, -0.2) is 54.3 Å². The van der Waals surface area contributed by atoms with Crippen LogP contribution in [0.3, 0.4) is 0 Å². The predicted octanol–water partition coefficient (Wildman–Crippen LogP) is 1.81. The van der Waals surface area contributed by atoms with E-state index in [1.54, 1.807) is 0 Å². The van der Waals surface area contributed by atoms with Crippen LogP contribution in [-0.2, 0) is 9.59 Å². The number of piperidine rings is 1. The molecule has 130 valence electrons. The van der Waals surface area contributed by atoms with Gasteiger partial charge in [0.15, 0.2) is 0 Å². The zero-order valence-corrected chi connectivity index (χ0v) is 14.6. The molecule has 2 aliphatic rings. The van der Waals surface area contributed by atoms with E-state index in [9.17, 15) is 9.59 Å². The topological polar surface area (TPSA) is 52.7 Å². The number of likely N-dealkylation sites (N-methyl/N-ethyl adjacent to an activating group) is 1. The maximum atomic E-state index is 12.8. The van der Waals surface area contributed by atoms with Crippen LogP contribution in [0.5, 0.6) is 0 Å². The van der Waals surface area contributed by atoms with Gasteiger partial charge in [0.2, 0.25) is 11.8 Å². The number of benzene rings is 1. The largest absolute Gasteiger partial charge is 0.341 e. The number of carbonyl (C=O) groups excluding carboxylic acids is 2. The highest BCUT2D eigenvalue weighted by Crippen LogP contribution is 2.29. The van der Waals surface area contributed by atoms with Crippen LogP contribution < -0.4 is 5.32 Å². The molecule has 2 saturated heterocycles. The van der Waals surface area contributed by atoms with Crippen molar-refractivity contribution in [3.63, 3.8) is 0 Å². The zero-order chi connectivity index (χ0) is 17.1. The number of carbonyl (C=O) groups is 2. The molecule has 1 aromatic carbocycles. The Bertz CT molecular complexity index is 590. The van der Waals surface area contributed by atoms with Crippen LogP contribution >= 0.6 is 0 Å². The van der Waals surface area contributed by atoms with Crippen molar-refractivity contribution in [3.05, 3.63) is 35.9 Å². The zero-order valence-electron chi connectivity index (χ0n) is 14.6. The molecular weight excluding hydrogens is 302 g/mol. The molecule has 5 nitrogen and oxygen atoms in total. The van der Waals surface area contributed by atoms with Crippen LogP contribution in [0.15, 0.2) is 30.3 Å². The molecule has 0 radical (unpaired) electrons. The molecule has 5 heteroatoms. The lowest BCUT2D eigenvalue weighted by Gasteiger charge is -2.34. The molecule has 3 rings (SSSR count). The summed E-state index contributed by atoms with van der Waals surface area (Å²) in [6.45, 7) is 4.15. The Hall–Kier alpha value is -1.88. The summed E-state index contributed by atoms with van der Waals surface area (Å²) in [4.78, 5) is 29.1. The standard InChI is InChI=1S/C19H27N3O2/c1-14(15-7-4-3-5-8-15)22-12-16(11-18(22)23)19(24)21-10-6-9-17(13-21)20-2/h3-5,7-8,14,16-17,20H,6,9-13H2,1-2H3. The summed E-state index contributed by atoms with van der Waals surface area (Å²) in [6.07, 6.45) is 2.49. The van der Waals surface area contributed by atoms with E-state index in [1.807, 2.05) is 54.1 Å². The molecule has 0 aliphatic carbocycles. The second-order valence-electron chi connectivity index (χ2n) is 6.95. The van der Waals surface area contributed by atoms with E-state index in [4.69, 9.17) is 0 Å². The van der Waals surface area contributed by atoms with E-state index in [0.29, 0.717) is 19.0 Å². The molecule has 0 bridgehead atoms. The fourth-order valence-corrected chi connectivity index (χ4v) is 3.85. The average Bonchev–Trinajstić information content (AvgIpc) is 3.03. The Labute approximate surface area is 144 Å². The number of hydrogen-bond donors (Lipinski definition) is 1. The second-order valence-corrected chi connectivity index (χ2v) is 6.95. The Morgan fingerprint density at radius 2 is 2.00 bits per heavy atom. The summed E-state index contributed by atoms with van der Waals surface area (Å²) < 4.78 is 0. The molecule has 2 heterocycles. The quantitative estimate of drug-likeness (QED) is 0.916. The van der Waals surface area contributed by atoms with Crippen molar-refractivity contribution in [3.8, 4) is 0 Å². The monoisotopic (exact) mass is 329 g/mol. The van der Waals surface area contributed by atoms with Crippen molar-refractivity contribution < 1.29 is 9.59 Å². The van der Waals surface area contributed by atoms with Gasteiger partial charge in [0, 0.05) is 32.1 Å². The van der Waals surface area contributed by atoms with E-state index in [0.717, 1.165) is 31.5 Å². The van der Waals surface area contributed by atoms with Crippen LogP contribution in [0.4, 0.5) is 0 Å². The lowest BCUT2D eigenvalue weighted by Crippen LogP contribution is -2.49. The van der Waals surface area contributed by atoms with Crippen molar-refractivity contribution in [1.29, 1.82) is 0 Å². The number of hydrogen-bond acceptors (Lipinski definition) is 3. The van der Waals surface area contributed by atoms with E-state index < -0.39 is 0 Å². The summed E-state index contributed by atoms with van der Waals surface area (Å²) in [5.74, 6) is 0.0391. The highest BCUT2D eigenvalue weighted by atomic mass is 16.2. The van der Waals surface area contributed by atoms with E-state index in [-0.39, 0.29) is 23.8 Å². The molecule has 24 heavy (non-hydrogen) atoms. The third-order valence-electron chi connectivity index (χ3n) is 5.40. The molecule has 2 aliphatic heterocycles. The molecular formula is C19H27N3O2. The molecule has 2 amide bonds. The van der Waals surface area contributed by atoms with Gasteiger partial charge in [-0.2, -0.15) is 0 Å². The van der Waals surface area contributed by atoms with Crippen molar-refractivity contribution in [2.24, 2.45) is 5.92 Å². The Kier molecular flexibility index (Phi) is 5.19. The first kappa shape index (κ1) is 17.0. The van der Waals surface area contributed by atoms with Gasteiger partial charge in [-0.25, -0.2) is 0 Å². The minimum absolute atomic E-state index is 0.0166. The molecule has 1 aromatic rings. The van der Waals surface area contributed by atoms with Crippen molar-refractivity contribution in [2.75, 3.05) is 26.7 Å². The Morgan fingerprint density at radius 3 is 2.71 bits per heavy atom. The number of amides is 2. The number of nitrogens with one attached hydrogen (secondary N) is 1. The van der Waals surface area contributed by atoms with Gasteiger partial charge in [0.1, 0.15) is 0 Å². The van der Waals surface area contributed by atoms with Gasteiger partial charge in [-0.1, -0.05) is 30.3 Å². The lowest BCUT2D eigenvalue weighted by molar-refractivity contribution is -0.137. The Morgan fingerprint density at radius 1 is 1.25 bits per heavy atom. The minimum Gasteiger partial charge on any atom is -0.341 e. The first-order valence-electron chi connectivity index (χ1n) is 8.90. The number of likely N-dealkylation sites (tertiary alicyclic amines) is 2.